The zero-order chi connectivity index (χ0) is 19.7. The van der Waals surface area contributed by atoms with Gasteiger partial charge in [0.15, 0.2) is 0 Å². The summed E-state index contributed by atoms with van der Waals surface area (Å²) < 4.78 is 7.17. The highest BCUT2D eigenvalue weighted by molar-refractivity contribution is 14.2. The van der Waals surface area contributed by atoms with Crippen LogP contribution >= 0.6 is 21.3 Å². The second-order valence-electron chi connectivity index (χ2n) is 9.68. The lowest BCUT2D eigenvalue weighted by atomic mass is 9.51. The highest BCUT2D eigenvalue weighted by atomic mass is 127. The summed E-state index contributed by atoms with van der Waals surface area (Å²) in [6.45, 7) is 9.96. The van der Waals surface area contributed by atoms with Gasteiger partial charge in [-0.05, 0) is 60.8 Å². The molecule has 0 aromatic heterocycles. The first-order valence-corrected chi connectivity index (χ1v) is 12.6. The maximum atomic E-state index is 13.4. The van der Waals surface area contributed by atoms with E-state index in [2.05, 4.69) is 52.9 Å². The summed E-state index contributed by atoms with van der Waals surface area (Å²) in [6.07, 6.45) is 5.56. The van der Waals surface area contributed by atoms with Crippen LogP contribution in [0.4, 0.5) is 16.2 Å². The van der Waals surface area contributed by atoms with Crippen LogP contribution < -0.4 is 3.11 Å². The van der Waals surface area contributed by atoms with E-state index in [4.69, 9.17) is 3.15 Å². The molecule has 2 amide bonds. The molecule has 0 saturated carbocycles. The van der Waals surface area contributed by atoms with Crippen molar-refractivity contribution in [2.45, 2.75) is 64.3 Å². The minimum absolute atomic E-state index is 0.0568. The quantitative estimate of drug-likeness (QED) is 0.360. The van der Waals surface area contributed by atoms with Crippen molar-refractivity contribution in [1.29, 1.82) is 0 Å². The first kappa shape index (κ1) is 18.8. The molecule has 5 rings (SSSR count). The van der Waals surface area contributed by atoms with Crippen molar-refractivity contribution >= 4 is 38.7 Å². The molecule has 28 heavy (non-hydrogen) atoms. The third kappa shape index (κ3) is 2.52. The number of hydrogen-bond donors (Lipinski definition) is 0. The van der Waals surface area contributed by atoms with Crippen molar-refractivity contribution in [3.63, 3.8) is 0 Å². The monoisotopic (exact) mass is 494 g/mol. The Morgan fingerprint density at radius 2 is 1.89 bits per heavy atom. The molecule has 5 nitrogen and oxygen atoms in total. The van der Waals surface area contributed by atoms with Crippen LogP contribution in [-0.2, 0) is 11.8 Å². The van der Waals surface area contributed by atoms with Crippen LogP contribution in [0.25, 0.3) is 0 Å². The molecule has 3 heterocycles. The van der Waals surface area contributed by atoms with Gasteiger partial charge in [-0.25, -0.2) is 7.94 Å². The second kappa shape index (κ2) is 6.41. The van der Waals surface area contributed by atoms with Crippen LogP contribution in [0.3, 0.4) is 0 Å². The summed E-state index contributed by atoms with van der Waals surface area (Å²) in [5.74, 6) is 0. The van der Waals surface area contributed by atoms with Gasteiger partial charge in [0, 0.05) is 38.1 Å². The number of carbonyl (C=O) groups is 1. The third-order valence-electron chi connectivity index (χ3n) is 8.14. The van der Waals surface area contributed by atoms with E-state index in [1.54, 1.807) is 0 Å². The molecule has 1 aromatic rings. The fourth-order valence-electron chi connectivity index (χ4n) is 5.89. The fourth-order valence-corrected chi connectivity index (χ4v) is 7.45. The highest BCUT2D eigenvalue weighted by Gasteiger charge is 2.57. The van der Waals surface area contributed by atoms with Gasteiger partial charge in [-0.2, -0.15) is 0 Å². The molecule has 152 valence electrons. The summed E-state index contributed by atoms with van der Waals surface area (Å²) in [5, 5.41) is 0. The number of hydrogen-bond acceptors (Lipinski definition) is 3. The molecular weight excluding hydrogens is 463 g/mol. The van der Waals surface area contributed by atoms with E-state index < -0.39 is 0 Å². The number of anilines is 1. The van der Waals surface area contributed by atoms with E-state index in [0.717, 1.165) is 45.3 Å². The van der Waals surface area contributed by atoms with Crippen molar-refractivity contribution in [3.8, 4) is 0 Å². The van der Waals surface area contributed by atoms with E-state index >= 15 is 0 Å². The number of piperidine rings is 2. The van der Waals surface area contributed by atoms with Crippen LogP contribution in [-0.4, -0.2) is 48.6 Å². The van der Waals surface area contributed by atoms with Crippen molar-refractivity contribution in [3.05, 3.63) is 23.3 Å². The lowest BCUT2D eigenvalue weighted by Gasteiger charge is -2.61. The maximum Gasteiger partial charge on any atom is 0.320 e. The lowest BCUT2D eigenvalue weighted by molar-refractivity contribution is -0.0241. The molecule has 0 spiro atoms. The Hall–Kier alpha value is -1.18. The average molecular weight is 494 g/mol. The van der Waals surface area contributed by atoms with Crippen LogP contribution in [0.5, 0.6) is 0 Å². The number of amides is 2. The topological polar surface area (TPSA) is 39.1 Å². The minimum atomic E-state index is -0.264. The number of urea groups is 1. The van der Waals surface area contributed by atoms with Crippen molar-refractivity contribution in [2.75, 3.05) is 29.8 Å². The maximum absolute atomic E-state index is 13.4. The molecule has 2 fully saturated rings. The van der Waals surface area contributed by atoms with E-state index in [9.17, 15) is 4.79 Å². The van der Waals surface area contributed by atoms with Crippen molar-refractivity contribution < 1.29 is 4.79 Å². The van der Waals surface area contributed by atoms with E-state index in [1.165, 1.54) is 28.9 Å². The molecule has 1 aliphatic carbocycles. The standard InChI is InChI=1S/C22H31IN4O/c1-21(2)19-13-15-12-17-18(25(4)23-24-17)14-16(15)22(21,3)8-11-27(19)20(28)26-9-6-5-7-10-26/h12,14,19H,5-11,13H2,1-4H3/t19?,22-/m0/s1. The Labute approximate surface area is 179 Å². The Morgan fingerprint density at radius 3 is 2.64 bits per heavy atom. The molecule has 1 aromatic carbocycles. The summed E-state index contributed by atoms with van der Waals surface area (Å²) >= 11 is -0.264. The Morgan fingerprint density at radius 1 is 1.14 bits per heavy atom. The summed E-state index contributed by atoms with van der Waals surface area (Å²) in [5.41, 5.74) is 5.57. The smallest absolute Gasteiger partial charge is 0.320 e. The molecular formula is C22H31IN4O. The third-order valence-corrected chi connectivity index (χ3v) is 10.0. The van der Waals surface area contributed by atoms with Crippen LogP contribution in [0, 0.1) is 5.41 Å². The number of likely N-dealkylation sites (tertiary alicyclic amines) is 2. The Bertz CT molecular complexity index is 860. The lowest BCUT2D eigenvalue weighted by Crippen LogP contribution is -2.66. The number of benzene rings is 1. The van der Waals surface area contributed by atoms with Gasteiger partial charge in [-0.1, -0.05) is 20.8 Å². The molecule has 3 aliphatic heterocycles. The molecule has 2 atom stereocenters. The molecule has 2 saturated heterocycles. The second-order valence-corrected chi connectivity index (χ2v) is 12.0. The first-order chi connectivity index (χ1) is 13.3. The molecule has 6 heteroatoms. The largest absolute Gasteiger partial charge is 0.325 e. The predicted octanol–water partition coefficient (Wildman–Crippen LogP) is 5.36. The number of nitrogens with zero attached hydrogens (tertiary/aromatic N) is 4. The summed E-state index contributed by atoms with van der Waals surface area (Å²) in [7, 11) is 2.17. The molecule has 4 aliphatic rings. The van der Waals surface area contributed by atoms with E-state index in [-0.39, 0.29) is 44.2 Å². The number of halogens is 1. The molecule has 2 bridgehead atoms. The summed E-state index contributed by atoms with van der Waals surface area (Å²) in [6, 6.07) is 5.31. The van der Waals surface area contributed by atoms with Gasteiger partial charge in [0.2, 0.25) is 0 Å². The van der Waals surface area contributed by atoms with Gasteiger partial charge in [-0.3, -0.25) is 0 Å². The fraction of sp³-hybridized carbons (Fsp3) is 0.682. The molecule has 0 radical (unpaired) electrons. The summed E-state index contributed by atoms with van der Waals surface area (Å²) in [4.78, 5) is 17.7. The minimum Gasteiger partial charge on any atom is -0.325 e. The first-order valence-electron chi connectivity index (χ1n) is 10.6. The zero-order valence-electron chi connectivity index (χ0n) is 17.5. The van der Waals surface area contributed by atoms with E-state index in [1.807, 2.05) is 0 Å². The Balaban J connectivity index is 1.54. The van der Waals surface area contributed by atoms with Crippen LogP contribution in [0.2, 0.25) is 0 Å². The van der Waals surface area contributed by atoms with Crippen LogP contribution in [0.1, 0.15) is 57.6 Å². The van der Waals surface area contributed by atoms with E-state index in [0.29, 0.717) is 0 Å². The SMILES string of the molecule is CN1I=Nc2cc3c(cc21)[C@]1(C)CCN(C(=O)N2CCCCC2)C(C3)C1(C)C. The molecule has 1 unspecified atom stereocenters. The normalized spacial score (nSPS) is 30.6. The zero-order valence-corrected chi connectivity index (χ0v) is 19.6. The highest BCUT2D eigenvalue weighted by Crippen LogP contribution is 2.58. The van der Waals surface area contributed by atoms with Gasteiger partial charge in [-0.15, -0.1) is 0 Å². The molecule has 0 N–H and O–H groups in total. The van der Waals surface area contributed by atoms with Gasteiger partial charge in [0.05, 0.1) is 11.4 Å². The van der Waals surface area contributed by atoms with Gasteiger partial charge in [0.25, 0.3) is 0 Å². The van der Waals surface area contributed by atoms with Crippen LogP contribution in [0.15, 0.2) is 15.3 Å². The average Bonchev–Trinajstić information content (AvgIpc) is 3.04. The van der Waals surface area contributed by atoms with Crippen molar-refractivity contribution in [1.82, 2.24) is 9.80 Å². The van der Waals surface area contributed by atoms with Gasteiger partial charge >= 0.3 is 6.03 Å². The number of rotatable bonds is 0. The van der Waals surface area contributed by atoms with Gasteiger partial charge < -0.3 is 12.9 Å². The predicted molar refractivity (Wildman–Crippen MR) is 122 cm³/mol. The number of fused-ring (bicyclic) bond motifs is 5. The van der Waals surface area contributed by atoms with Crippen molar-refractivity contribution in [2.24, 2.45) is 8.56 Å². The number of carbonyl (C=O) groups excluding carboxylic acids is 1. The van der Waals surface area contributed by atoms with Gasteiger partial charge in [0.1, 0.15) is 21.3 Å². The Kier molecular flexibility index (Phi) is 4.31.